The molecule has 5 nitrogen and oxygen atoms in total. The van der Waals surface area contributed by atoms with E-state index in [1.807, 2.05) is 30.3 Å². The molecule has 6 heteroatoms. The largest absolute Gasteiger partial charge is 0.507 e. The van der Waals surface area contributed by atoms with E-state index in [9.17, 15) is 0 Å². The molecule has 0 spiro atoms. The summed E-state index contributed by atoms with van der Waals surface area (Å²) in [7, 11) is -2.29. The highest BCUT2D eigenvalue weighted by atomic mass is 28.4. The van der Waals surface area contributed by atoms with Crippen LogP contribution in [0.1, 0.15) is 6.92 Å². The van der Waals surface area contributed by atoms with Gasteiger partial charge in [-0.15, -0.1) is 0 Å². The van der Waals surface area contributed by atoms with Gasteiger partial charge in [0.1, 0.15) is 5.75 Å². The van der Waals surface area contributed by atoms with Crippen LogP contribution in [0.3, 0.4) is 0 Å². The van der Waals surface area contributed by atoms with Crippen LogP contribution in [-0.2, 0) is 0 Å². The smallest absolute Gasteiger partial charge is 0.504 e. The van der Waals surface area contributed by atoms with Crippen molar-refractivity contribution in [3.8, 4) is 5.75 Å². The van der Waals surface area contributed by atoms with Gasteiger partial charge in [-0.25, -0.2) is 0 Å². The molecule has 0 aromatic heterocycles. The van der Waals surface area contributed by atoms with E-state index in [0.717, 1.165) is 38.5 Å². The van der Waals surface area contributed by atoms with Crippen molar-refractivity contribution in [2.75, 3.05) is 32.7 Å². The molecule has 4 rings (SSSR count). The summed E-state index contributed by atoms with van der Waals surface area (Å²) in [5.74, 6) is 0.923. The number of fused-ring (bicyclic) bond motifs is 6. The number of hydrogen-bond acceptors (Lipinski definition) is 5. The second-order valence-electron chi connectivity index (χ2n) is 5.22. The number of nitrogens with one attached hydrogen (secondary N) is 3. The lowest BCUT2D eigenvalue weighted by Gasteiger charge is -2.42. The van der Waals surface area contributed by atoms with Gasteiger partial charge in [-0.2, -0.15) is 0 Å². The van der Waals surface area contributed by atoms with E-state index >= 15 is 0 Å². The third kappa shape index (κ3) is 2.98. The van der Waals surface area contributed by atoms with Crippen molar-refractivity contribution in [2.24, 2.45) is 0 Å². The highest BCUT2D eigenvalue weighted by Gasteiger charge is 2.42. The summed E-state index contributed by atoms with van der Waals surface area (Å²) in [6.45, 7) is 7.35. The van der Waals surface area contributed by atoms with Gasteiger partial charge in [-0.1, -0.05) is 18.2 Å². The van der Waals surface area contributed by atoms with E-state index in [2.05, 4.69) is 26.8 Å². The minimum absolute atomic E-state index is 0.565. The molecule has 1 atom stereocenters. The molecular formula is C13H22N4OSi. The second-order valence-corrected chi connectivity index (χ2v) is 7.84. The maximum absolute atomic E-state index is 6.28. The van der Waals surface area contributed by atoms with Gasteiger partial charge in [0.2, 0.25) is 0 Å². The van der Waals surface area contributed by atoms with Gasteiger partial charge in [0, 0.05) is 38.8 Å². The van der Waals surface area contributed by atoms with Crippen LogP contribution in [0.15, 0.2) is 30.3 Å². The molecule has 0 amide bonds. The zero-order valence-electron chi connectivity index (χ0n) is 11.4. The van der Waals surface area contributed by atoms with Gasteiger partial charge in [0.25, 0.3) is 0 Å². The first-order chi connectivity index (χ1) is 9.27. The molecule has 2 bridgehead atoms. The standard InChI is InChI=1S/C13H22N4OSi/c1-12-11-16-19(18-13-5-3-2-4-6-13)14-7-9-17(12)10-8-15-19/h2-6,12,14-16H,7-11H2,1H3. The van der Waals surface area contributed by atoms with Crippen molar-refractivity contribution in [3.63, 3.8) is 0 Å². The number of benzene rings is 1. The first-order valence-electron chi connectivity index (χ1n) is 7.01. The van der Waals surface area contributed by atoms with Gasteiger partial charge in [-0.3, -0.25) is 19.8 Å². The Morgan fingerprint density at radius 1 is 1.11 bits per heavy atom. The Hall–Kier alpha value is -0.923. The summed E-state index contributed by atoms with van der Waals surface area (Å²) < 4.78 is 6.28. The lowest BCUT2D eigenvalue weighted by atomic mass is 10.3. The fraction of sp³-hybridized carbons (Fsp3) is 0.538. The molecule has 3 aliphatic rings. The number of nitrogens with zero attached hydrogens (tertiary/aromatic N) is 1. The van der Waals surface area contributed by atoms with Crippen LogP contribution in [0.5, 0.6) is 5.75 Å². The highest BCUT2D eigenvalue weighted by Crippen LogP contribution is 2.13. The second kappa shape index (κ2) is 5.60. The Balaban J connectivity index is 1.79. The van der Waals surface area contributed by atoms with Crippen molar-refractivity contribution in [1.82, 2.24) is 19.8 Å². The van der Waals surface area contributed by atoms with Gasteiger partial charge >= 0.3 is 8.80 Å². The van der Waals surface area contributed by atoms with Crippen molar-refractivity contribution in [3.05, 3.63) is 30.3 Å². The minimum Gasteiger partial charge on any atom is -0.507 e. The van der Waals surface area contributed by atoms with Crippen molar-refractivity contribution < 1.29 is 4.43 Å². The number of para-hydroxylation sites is 1. The maximum Gasteiger partial charge on any atom is 0.504 e. The molecule has 1 aromatic carbocycles. The summed E-state index contributed by atoms with van der Waals surface area (Å²) in [6, 6.07) is 10.6. The zero-order chi connectivity index (χ0) is 13.1. The molecular weight excluding hydrogens is 256 g/mol. The average molecular weight is 278 g/mol. The molecule has 19 heavy (non-hydrogen) atoms. The molecule has 3 saturated heterocycles. The molecule has 1 unspecified atom stereocenters. The fourth-order valence-corrected chi connectivity index (χ4v) is 5.28. The normalized spacial score (nSPS) is 35.2. The van der Waals surface area contributed by atoms with Crippen LogP contribution >= 0.6 is 0 Å². The molecule has 3 N–H and O–H groups in total. The number of rotatable bonds is 2. The molecule has 3 heterocycles. The minimum atomic E-state index is -2.29. The fourth-order valence-electron chi connectivity index (χ4n) is 2.69. The quantitative estimate of drug-likeness (QED) is 0.664. The van der Waals surface area contributed by atoms with E-state index in [0.29, 0.717) is 6.04 Å². The lowest BCUT2D eigenvalue weighted by Crippen LogP contribution is -2.81. The molecule has 0 saturated carbocycles. The van der Waals surface area contributed by atoms with E-state index in [-0.39, 0.29) is 0 Å². The molecule has 104 valence electrons. The number of hydrogen-bond donors (Lipinski definition) is 3. The van der Waals surface area contributed by atoms with Crippen LogP contribution in [0.4, 0.5) is 0 Å². The summed E-state index contributed by atoms with van der Waals surface area (Å²) >= 11 is 0. The first kappa shape index (κ1) is 13.1. The Labute approximate surface area is 115 Å². The average Bonchev–Trinajstić information content (AvgIpc) is 2.39. The highest BCUT2D eigenvalue weighted by molar-refractivity contribution is 6.67. The summed E-state index contributed by atoms with van der Waals surface area (Å²) in [5, 5.41) is 0. The SMILES string of the molecule is CC1CN[Si]2(Oc3ccccc3)NCCN1CCN2. The zero-order valence-corrected chi connectivity index (χ0v) is 12.4. The molecule has 1 aromatic rings. The van der Waals surface area contributed by atoms with Crippen LogP contribution in [0.25, 0.3) is 0 Å². The third-order valence-corrected chi connectivity index (χ3v) is 6.57. The topological polar surface area (TPSA) is 48.6 Å². The molecule has 3 aliphatic heterocycles. The Kier molecular flexibility index (Phi) is 3.85. The lowest BCUT2D eigenvalue weighted by molar-refractivity contribution is 0.191. The van der Waals surface area contributed by atoms with Crippen LogP contribution < -0.4 is 19.4 Å². The van der Waals surface area contributed by atoms with E-state index in [1.165, 1.54) is 0 Å². The maximum atomic E-state index is 6.28. The van der Waals surface area contributed by atoms with Gasteiger partial charge in [0.05, 0.1) is 0 Å². The van der Waals surface area contributed by atoms with Gasteiger partial charge < -0.3 is 4.43 Å². The predicted molar refractivity (Wildman–Crippen MR) is 77.9 cm³/mol. The molecule has 0 radical (unpaired) electrons. The van der Waals surface area contributed by atoms with E-state index < -0.39 is 8.80 Å². The van der Waals surface area contributed by atoms with Gasteiger partial charge in [0.15, 0.2) is 0 Å². The van der Waals surface area contributed by atoms with Crippen molar-refractivity contribution in [1.29, 1.82) is 0 Å². The van der Waals surface area contributed by atoms with Gasteiger partial charge in [-0.05, 0) is 19.1 Å². The monoisotopic (exact) mass is 278 g/mol. The summed E-state index contributed by atoms with van der Waals surface area (Å²) in [6.07, 6.45) is 0. The molecule has 3 fully saturated rings. The van der Waals surface area contributed by atoms with Crippen LogP contribution in [-0.4, -0.2) is 52.5 Å². The Bertz CT molecular complexity index is 406. The van der Waals surface area contributed by atoms with Crippen LogP contribution in [0, 0.1) is 0 Å². The van der Waals surface area contributed by atoms with E-state index in [1.54, 1.807) is 0 Å². The summed E-state index contributed by atoms with van der Waals surface area (Å²) in [4.78, 5) is 13.3. The molecule has 0 aliphatic carbocycles. The Morgan fingerprint density at radius 3 is 2.47 bits per heavy atom. The predicted octanol–water partition coefficient (Wildman–Crippen LogP) is -0.0125. The Morgan fingerprint density at radius 2 is 1.79 bits per heavy atom. The van der Waals surface area contributed by atoms with Crippen molar-refractivity contribution in [2.45, 2.75) is 13.0 Å². The van der Waals surface area contributed by atoms with E-state index in [4.69, 9.17) is 4.43 Å². The summed E-state index contributed by atoms with van der Waals surface area (Å²) in [5.41, 5.74) is 0. The third-order valence-electron chi connectivity index (χ3n) is 3.83. The van der Waals surface area contributed by atoms with Crippen LogP contribution in [0.2, 0.25) is 0 Å². The van der Waals surface area contributed by atoms with Crippen molar-refractivity contribution >= 4 is 8.80 Å². The first-order valence-corrected chi connectivity index (χ1v) is 8.91.